The number of benzene rings is 1. The summed E-state index contributed by atoms with van der Waals surface area (Å²) in [7, 11) is 1.57. The summed E-state index contributed by atoms with van der Waals surface area (Å²) in [6.45, 7) is 1.17. The lowest BCUT2D eigenvalue weighted by Crippen LogP contribution is -2.30. The summed E-state index contributed by atoms with van der Waals surface area (Å²) in [5, 5.41) is 8.43. The number of hydrogen-bond acceptors (Lipinski definition) is 3. The first kappa shape index (κ1) is 13.5. The molecule has 0 saturated heterocycles. The molecule has 0 unspecified atom stereocenters. The molecule has 0 aliphatic heterocycles. The number of rotatable bonds is 6. The van der Waals surface area contributed by atoms with Gasteiger partial charge in [-0.15, -0.1) is 0 Å². The predicted molar refractivity (Wildman–Crippen MR) is 74.1 cm³/mol. The molecule has 0 atom stereocenters. The zero-order chi connectivity index (χ0) is 13.7. The highest BCUT2D eigenvalue weighted by atomic mass is 16.2. The van der Waals surface area contributed by atoms with E-state index < -0.39 is 0 Å². The van der Waals surface area contributed by atoms with Crippen LogP contribution >= 0.6 is 0 Å². The lowest BCUT2D eigenvalue weighted by atomic mass is 10.1. The second-order valence-electron chi connectivity index (χ2n) is 4.75. The number of carbonyl (C=O) groups is 2. The first-order chi connectivity index (χ1) is 9.20. The van der Waals surface area contributed by atoms with Crippen LogP contribution in [0.3, 0.4) is 0 Å². The summed E-state index contributed by atoms with van der Waals surface area (Å²) in [6.07, 6.45) is 2.52. The molecule has 0 aromatic heterocycles. The number of hydrogen-bond donors (Lipinski definition) is 3. The third-order valence-corrected chi connectivity index (χ3v) is 3.09. The molecule has 1 aromatic carbocycles. The molecule has 0 radical (unpaired) electrons. The Morgan fingerprint density at radius 1 is 1.26 bits per heavy atom. The summed E-state index contributed by atoms with van der Waals surface area (Å²) in [5.41, 5.74) is 1.01. The van der Waals surface area contributed by atoms with Crippen LogP contribution in [0.25, 0.3) is 0 Å². The molecule has 1 aliphatic carbocycles. The van der Waals surface area contributed by atoms with Crippen LogP contribution in [0.4, 0.5) is 5.69 Å². The van der Waals surface area contributed by atoms with Crippen molar-refractivity contribution < 1.29 is 9.59 Å². The van der Waals surface area contributed by atoms with Gasteiger partial charge in [0.25, 0.3) is 5.91 Å². The summed E-state index contributed by atoms with van der Waals surface area (Å²) < 4.78 is 0. The van der Waals surface area contributed by atoms with E-state index in [0.717, 1.165) is 12.5 Å². The maximum Gasteiger partial charge on any atom is 0.253 e. The number of para-hydroxylation sites is 1. The van der Waals surface area contributed by atoms with E-state index >= 15 is 0 Å². The van der Waals surface area contributed by atoms with E-state index in [-0.39, 0.29) is 18.4 Å². The Morgan fingerprint density at radius 3 is 2.68 bits per heavy atom. The van der Waals surface area contributed by atoms with Crippen LogP contribution in [0, 0.1) is 5.92 Å². The Kier molecular flexibility index (Phi) is 4.52. The number of anilines is 1. The van der Waals surface area contributed by atoms with Crippen LogP contribution in [0.2, 0.25) is 0 Å². The van der Waals surface area contributed by atoms with Crippen molar-refractivity contribution in [3.05, 3.63) is 29.8 Å². The highest BCUT2D eigenvalue weighted by molar-refractivity contribution is 6.03. The van der Waals surface area contributed by atoms with Crippen molar-refractivity contribution in [3.63, 3.8) is 0 Å². The van der Waals surface area contributed by atoms with E-state index in [0.29, 0.717) is 11.3 Å². The van der Waals surface area contributed by atoms with Gasteiger partial charge in [-0.05, 0) is 37.4 Å². The number of nitrogens with one attached hydrogen (secondary N) is 3. The van der Waals surface area contributed by atoms with Crippen molar-refractivity contribution in [2.75, 3.05) is 25.5 Å². The quantitative estimate of drug-likeness (QED) is 0.715. The molecule has 102 valence electrons. The lowest BCUT2D eigenvalue weighted by Gasteiger charge is -2.10. The maximum atomic E-state index is 11.8. The van der Waals surface area contributed by atoms with Gasteiger partial charge in [0, 0.05) is 7.05 Å². The van der Waals surface area contributed by atoms with Crippen LogP contribution in [0.1, 0.15) is 23.2 Å². The fourth-order valence-electron chi connectivity index (χ4n) is 1.83. The average Bonchev–Trinajstić information content (AvgIpc) is 3.22. The van der Waals surface area contributed by atoms with Gasteiger partial charge in [-0.3, -0.25) is 9.59 Å². The van der Waals surface area contributed by atoms with Gasteiger partial charge in [0.15, 0.2) is 0 Å². The molecule has 1 fully saturated rings. The average molecular weight is 261 g/mol. The molecular weight excluding hydrogens is 242 g/mol. The Labute approximate surface area is 112 Å². The summed E-state index contributed by atoms with van der Waals surface area (Å²) in [4.78, 5) is 23.4. The van der Waals surface area contributed by atoms with Crippen LogP contribution in [-0.4, -0.2) is 32.0 Å². The topological polar surface area (TPSA) is 70.2 Å². The number of amides is 2. The SMILES string of the molecule is CNC(=O)c1ccccc1NC(=O)CNCC1CC1. The Balaban J connectivity index is 1.89. The van der Waals surface area contributed by atoms with E-state index in [9.17, 15) is 9.59 Å². The van der Waals surface area contributed by atoms with Gasteiger partial charge in [0.1, 0.15) is 0 Å². The van der Waals surface area contributed by atoms with Crippen LogP contribution in [0.5, 0.6) is 0 Å². The first-order valence-corrected chi connectivity index (χ1v) is 6.52. The van der Waals surface area contributed by atoms with Crippen molar-refractivity contribution in [3.8, 4) is 0 Å². The van der Waals surface area contributed by atoms with Gasteiger partial charge in [0.2, 0.25) is 5.91 Å². The normalized spacial score (nSPS) is 13.9. The van der Waals surface area contributed by atoms with E-state index in [1.165, 1.54) is 12.8 Å². The molecule has 1 saturated carbocycles. The Bertz CT molecular complexity index is 470. The van der Waals surface area contributed by atoms with Crippen LogP contribution in [-0.2, 0) is 4.79 Å². The van der Waals surface area contributed by atoms with E-state index in [1.54, 1.807) is 31.3 Å². The Morgan fingerprint density at radius 2 is 2.00 bits per heavy atom. The molecule has 0 bridgehead atoms. The van der Waals surface area contributed by atoms with Crippen LogP contribution < -0.4 is 16.0 Å². The molecule has 1 aliphatic rings. The third-order valence-electron chi connectivity index (χ3n) is 3.09. The van der Waals surface area contributed by atoms with Crippen molar-refractivity contribution in [1.82, 2.24) is 10.6 Å². The summed E-state index contributed by atoms with van der Waals surface area (Å²) >= 11 is 0. The highest BCUT2D eigenvalue weighted by Crippen LogP contribution is 2.27. The van der Waals surface area contributed by atoms with Crippen molar-refractivity contribution in [2.45, 2.75) is 12.8 Å². The molecule has 2 amide bonds. The first-order valence-electron chi connectivity index (χ1n) is 6.52. The van der Waals surface area contributed by atoms with Gasteiger partial charge < -0.3 is 16.0 Å². The second-order valence-corrected chi connectivity index (χ2v) is 4.75. The third kappa shape index (κ3) is 4.06. The standard InChI is InChI=1S/C14H19N3O2/c1-15-14(19)11-4-2-3-5-12(11)17-13(18)9-16-8-10-6-7-10/h2-5,10,16H,6-9H2,1H3,(H,15,19)(H,17,18). The summed E-state index contributed by atoms with van der Waals surface area (Å²) in [6, 6.07) is 6.97. The molecule has 0 heterocycles. The summed E-state index contributed by atoms with van der Waals surface area (Å²) in [5.74, 6) is 0.407. The van der Waals surface area contributed by atoms with E-state index in [4.69, 9.17) is 0 Å². The van der Waals surface area contributed by atoms with E-state index in [1.807, 2.05) is 0 Å². The maximum absolute atomic E-state index is 11.8. The zero-order valence-corrected chi connectivity index (χ0v) is 11.0. The molecular formula is C14H19N3O2. The van der Waals surface area contributed by atoms with Crippen molar-refractivity contribution in [1.29, 1.82) is 0 Å². The molecule has 3 N–H and O–H groups in total. The van der Waals surface area contributed by atoms with Gasteiger partial charge in [0.05, 0.1) is 17.8 Å². The fourth-order valence-corrected chi connectivity index (χ4v) is 1.83. The second kappa shape index (κ2) is 6.33. The molecule has 2 rings (SSSR count). The fraction of sp³-hybridized carbons (Fsp3) is 0.429. The van der Waals surface area contributed by atoms with Crippen molar-refractivity contribution >= 4 is 17.5 Å². The Hall–Kier alpha value is -1.88. The van der Waals surface area contributed by atoms with Gasteiger partial charge in [-0.1, -0.05) is 12.1 Å². The van der Waals surface area contributed by atoms with Gasteiger partial charge in [-0.25, -0.2) is 0 Å². The van der Waals surface area contributed by atoms with Crippen molar-refractivity contribution in [2.24, 2.45) is 5.92 Å². The van der Waals surface area contributed by atoms with Crippen LogP contribution in [0.15, 0.2) is 24.3 Å². The minimum Gasteiger partial charge on any atom is -0.355 e. The number of carbonyl (C=O) groups excluding carboxylic acids is 2. The molecule has 19 heavy (non-hydrogen) atoms. The zero-order valence-electron chi connectivity index (χ0n) is 11.0. The highest BCUT2D eigenvalue weighted by Gasteiger charge is 2.20. The lowest BCUT2D eigenvalue weighted by molar-refractivity contribution is -0.115. The predicted octanol–water partition coefficient (Wildman–Crippen LogP) is 0.984. The molecule has 5 heteroatoms. The molecule has 0 spiro atoms. The van der Waals surface area contributed by atoms with E-state index in [2.05, 4.69) is 16.0 Å². The monoisotopic (exact) mass is 261 g/mol. The smallest absolute Gasteiger partial charge is 0.253 e. The van der Waals surface area contributed by atoms with Gasteiger partial charge >= 0.3 is 0 Å². The molecule has 1 aromatic rings. The van der Waals surface area contributed by atoms with Gasteiger partial charge in [-0.2, -0.15) is 0 Å². The minimum absolute atomic E-state index is 0.128. The minimum atomic E-state index is -0.207. The largest absolute Gasteiger partial charge is 0.355 e. The molecule has 5 nitrogen and oxygen atoms in total.